The van der Waals surface area contributed by atoms with Crippen LogP contribution in [-0.2, 0) is 4.74 Å². The van der Waals surface area contributed by atoms with Crippen LogP contribution in [-0.4, -0.2) is 54.8 Å². The number of hydrazone groups is 1. The number of anilines is 2. The molecule has 0 unspecified atom stereocenters. The lowest BCUT2D eigenvalue weighted by Crippen LogP contribution is -2.37. The zero-order valence-corrected chi connectivity index (χ0v) is 18.5. The molecule has 0 amide bonds. The molecule has 0 aliphatic carbocycles. The van der Waals surface area contributed by atoms with Gasteiger partial charge in [-0.25, -0.2) is 4.39 Å². The van der Waals surface area contributed by atoms with Crippen LogP contribution in [0.1, 0.15) is 19.4 Å². The number of halogens is 2. The summed E-state index contributed by atoms with van der Waals surface area (Å²) >= 11 is 0. The standard InChI is InChI=1S/C24H26F2N4O3/c1-24(2,31)15-33-23-20(26)21(30-9-11-32-12-10-30)19(25)22(28-23)29-27-14-16-7-8-17-5-3-4-6-18(17)13-16/h3-8,13-14,31H,9-12,15H2,1-2H3,(H,28,29). The predicted molar refractivity (Wildman–Crippen MR) is 124 cm³/mol. The lowest BCUT2D eigenvalue weighted by atomic mass is 10.1. The Morgan fingerprint density at radius 1 is 1.15 bits per heavy atom. The summed E-state index contributed by atoms with van der Waals surface area (Å²) < 4.78 is 41.1. The van der Waals surface area contributed by atoms with Gasteiger partial charge in [0.25, 0.3) is 5.88 Å². The highest BCUT2D eigenvalue weighted by atomic mass is 19.1. The smallest absolute Gasteiger partial charge is 0.254 e. The number of morpholine rings is 1. The lowest BCUT2D eigenvalue weighted by Gasteiger charge is -2.30. The summed E-state index contributed by atoms with van der Waals surface area (Å²) in [6, 6.07) is 13.7. The number of fused-ring (bicyclic) bond motifs is 1. The second-order valence-corrected chi connectivity index (χ2v) is 8.42. The van der Waals surface area contributed by atoms with Crippen LogP contribution < -0.4 is 15.1 Å². The van der Waals surface area contributed by atoms with Gasteiger partial charge in [-0.2, -0.15) is 14.5 Å². The zero-order valence-electron chi connectivity index (χ0n) is 18.5. The molecule has 2 aromatic carbocycles. The van der Waals surface area contributed by atoms with E-state index in [0.29, 0.717) is 26.3 Å². The molecule has 3 aromatic rings. The number of aromatic nitrogens is 1. The van der Waals surface area contributed by atoms with Gasteiger partial charge in [0.2, 0.25) is 5.82 Å². The van der Waals surface area contributed by atoms with Gasteiger partial charge in [-0.1, -0.05) is 36.4 Å². The Hall–Kier alpha value is -3.30. The minimum atomic E-state index is -1.22. The molecular weight excluding hydrogens is 430 g/mol. The first-order valence-corrected chi connectivity index (χ1v) is 10.7. The van der Waals surface area contributed by atoms with Gasteiger partial charge in [0.05, 0.1) is 25.0 Å². The van der Waals surface area contributed by atoms with Crippen LogP contribution in [0.5, 0.6) is 5.88 Å². The van der Waals surface area contributed by atoms with Crippen LogP contribution in [0.2, 0.25) is 0 Å². The highest BCUT2D eigenvalue weighted by molar-refractivity contribution is 5.90. The monoisotopic (exact) mass is 456 g/mol. The number of nitrogens with one attached hydrogen (secondary N) is 1. The van der Waals surface area contributed by atoms with Crippen LogP contribution in [0, 0.1) is 11.6 Å². The van der Waals surface area contributed by atoms with Crippen molar-refractivity contribution in [3.63, 3.8) is 0 Å². The minimum absolute atomic E-state index is 0.217. The molecule has 9 heteroatoms. The topological polar surface area (TPSA) is 79.2 Å². The van der Waals surface area contributed by atoms with Crippen LogP contribution in [0.3, 0.4) is 0 Å². The number of benzene rings is 2. The van der Waals surface area contributed by atoms with Crippen molar-refractivity contribution in [2.24, 2.45) is 5.10 Å². The fourth-order valence-electron chi connectivity index (χ4n) is 3.44. The minimum Gasteiger partial charge on any atom is -0.472 e. The van der Waals surface area contributed by atoms with Crippen molar-refractivity contribution in [3.8, 4) is 5.88 Å². The third-order valence-electron chi connectivity index (χ3n) is 5.07. The molecule has 0 saturated carbocycles. The van der Waals surface area contributed by atoms with E-state index < -0.39 is 23.1 Å². The van der Waals surface area contributed by atoms with E-state index in [4.69, 9.17) is 9.47 Å². The van der Waals surface area contributed by atoms with E-state index in [9.17, 15) is 5.11 Å². The van der Waals surface area contributed by atoms with Gasteiger partial charge in [-0.15, -0.1) is 0 Å². The van der Waals surface area contributed by atoms with Crippen LogP contribution >= 0.6 is 0 Å². The number of rotatable bonds is 7. The highest BCUT2D eigenvalue weighted by Gasteiger charge is 2.28. The SMILES string of the molecule is CC(C)(O)COc1nc(NN=Cc2ccc3ccccc3c2)c(F)c(N2CCOCC2)c1F. The second-order valence-electron chi connectivity index (χ2n) is 8.42. The maximum absolute atomic E-state index is 15.3. The van der Waals surface area contributed by atoms with Gasteiger partial charge in [0, 0.05) is 13.1 Å². The van der Waals surface area contributed by atoms with Gasteiger partial charge in [0.15, 0.2) is 11.6 Å². The van der Waals surface area contributed by atoms with E-state index in [-0.39, 0.29) is 18.1 Å². The van der Waals surface area contributed by atoms with Crippen molar-refractivity contribution < 1.29 is 23.4 Å². The third-order valence-corrected chi connectivity index (χ3v) is 5.07. The Morgan fingerprint density at radius 3 is 2.61 bits per heavy atom. The molecule has 0 bridgehead atoms. The van der Waals surface area contributed by atoms with Gasteiger partial charge in [-0.05, 0) is 36.2 Å². The van der Waals surface area contributed by atoms with Crippen LogP contribution in [0.15, 0.2) is 47.6 Å². The van der Waals surface area contributed by atoms with E-state index in [1.807, 2.05) is 42.5 Å². The van der Waals surface area contributed by atoms with E-state index >= 15 is 8.78 Å². The first kappa shape index (κ1) is 22.9. The molecule has 1 saturated heterocycles. The number of ether oxygens (including phenoxy) is 2. The Balaban J connectivity index is 1.62. The first-order chi connectivity index (χ1) is 15.8. The molecule has 2 N–H and O–H groups in total. The lowest BCUT2D eigenvalue weighted by molar-refractivity contribution is 0.0254. The molecule has 7 nitrogen and oxygen atoms in total. The van der Waals surface area contributed by atoms with Crippen molar-refractivity contribution in [3.05, 3.63) is 59.7 Å². The van der Waals surface area contributed by atoms with Crippen molar-refractivity contribution in [2.45, 2.75) is 19.4 Å². The zero-order chi connectivity index (χ0) is 23.4. The van der Waals surface area contributed by atoms with Crippen molar-refractivity contribution >= 4 is 28.5 Å². The summed E-state index contributed by atoms with van der Waals surface area (Å²) in [6.45, 7) is 4.17. The van der Waals surface area contributed by atoms with Gasteiger partial charge in [-0.3, -0.25) is 5.43 Å². The molecule has 4 rings (SSSR count). The number of hydrogen-bond donors (Lipinski definition) is 2. The van der Waals surface area contributed by atoms with E-state index in [1.54, 1.807) is 4.90 Å². The number of hydrogen-bond acceptors (Lipinski definition) is 7. The molecule has 0 spiro atoms. The van der Waals surface area contributed by atoms with Crippen molar-refractivity contribution in [2.75, 3.05) is 43.2 Å². The first-order valence-electron chi connectivity index (χ1n) is 10.7. The normalized spacial score (nSPS) is 14.8. The third kappa shape index (κ3) is 5.55. The predicted octanol–water partition coefficient (Wildman–Crippen LogP) is 3.95. The van der Waals surface area contributed by atoms with E-state index in [2.05, 4.69) is 15.5 Å². The summed E-state index contributed by atoms with van der Waals surface area (Å²) in [5, 5.41) is 16.2. The Bertz CT molecular complexity index is 1160. The fourth-order valence-corrected chi connectivity index (χ4v) is 3.44. The molecule has 1 fully saturated rings. The van der Waals surface area contributed by atoms with Crippen molar-refractivity contribution in [1.82, 2.24) is 4.98 Å². The molecule has 1 aromatic heterocycles. The summed E-state index contributed by atoms with van der Waals surface area (Å²) in [7, 11) is 0. The maximum atomic E-state index is 15.3. The molecule has 0 radical (unpaired) electrons. The number of nitrogens with zero attached hydrogens (tertiary/aromatic N) is 3. The summed E-state index contributed by atoms with van der Waals surface area (Å²) in [6.07, 6.45) is 1.53. The Labute approximate surface area is 190 Å². The average molecular weight is 456 g/mol. The summed E-state index contributed by atoms with van der Waals surface area (Å²) in [4.78, 5) is 5.49. The molecule has 0 atom stereocenters. The Morgan fingerprint density at radius 2 is 1.88 bits per heavy atom. The summed E-state index contributed by atoms with van der Waals surface area (Å²) in [5.74, 6) is -2.49. The maximum Gasteiger partial charge on any atom is 0.254 e. The van der Waals surface area contributed by atoms with E-state index in [0.717, 1.165) is 16.3 Å². The second kappa shape index (κ2) is 9.68. The van der Waals surface area contributed by atoms with E-state index in [1.165, 1.54) is 20.1 Å². The highest BCUT2D eigenvalue weighted by Crippen LogP contribution is 2.34. The van der Waals surface area contributed by atoms with Gasteiger partial charge in [0.1, 0.15) is 12.3 Å². The van der Waals surface area contributed by atoms with Crippen LogP contribution in [0.25, 0.3) is 10.8 Å². The largest absolute Gasteiger partial charge is 0.472 e. The molecule has 174 valence electrons. The molecule has 33 heavy (non-hydrogen) atoms. The number of aliphatic hydroxyl groups is 1. The van der Waals surface area contributed by atoms with Gasteiger partial charge >= 0.3 is 0 Å². The molecule has 2 heterocycles. The number of pyridine rings is 1. The van der Waals surface area contributed by atoms with Crippen molar-refractivity contribution in [1.29, 1.82) is 0 Å². The molecule has 1 aliphatic rings. The average Bonchev–Trinajstić information content (AvgIpc) is 2.80. The fraction of sp³-hybridized carbons (Fsp3) is 0.333. The summed E-state index contributed by atoms with van der Waals surface area (Å²) in [5.41, 5.74) is 1.89. The molecule has 1 aliphatic heterocycles. The Kier molecular flexibility index (Phi) is 6.71. The molecular formula is C24H26F2N4O3. The van der Waals surface area contributed by atoms with Gasteiger partial charge < -0.3 is 19.5 Å². The quantitative estimate of drug-likeness (QED) is 0.414. The van der Waals surface area contributed by atoms with Crippen LogP contribution in [0.4, 0.5) is 20.3 Å².